The van der Waals surface area contributed by atoms with Gasteiger partial charge in [0.05, 0.1) is 17.8 Å². The predicted molar refractivity (Wildman–Crippen MR) is 125 cm³/mol. The van der Waals surface area contributed by atoms with Crippen LogP contribution in [0.3, 0.4) is 0 Å². The summed E-state index contributed by atoms with van der Waals surface area (Å²) in [6, 6.07) is 0. The average Bonchev–Trinajstić information content (AvgIpc) is 2.72. The van der Waals surface area contributed by atoms with Gasteiger partial charge in [-0.25, -0.2) is 13.7 Å². The van der Waals surface area contributed by atoms with Gasteiger partial charge in [0, 0.05) is 0 Å². The van der Waals surface area contributed by atoms with Crippen LogP contribution in [-0.2, 0) is 55.9 Å². The van der Waals surface area contributed by atoms with E-state index in [4.69, 9.17) is 14.2 Å². The van der Waals surface area contributed by atoms with Crippen LogP contribution in [0.25, 0.3) is 0 Å². The highest BCUT2D eigenvalue weighted by atomic mass is 31.2. The summed E-state index contributed by atoms with van der Waals surface area (Å²) in [7, 11) is -17.1. The van der Waals surface area contributed by atoms with Crippen LogP contribution >= 0.6 is 23.5 Å². The zero-order valence-electron chi connectivity index (χ0n) is 21.6. The second kappa shape index (κ2) is 13.6. The van der Waals surface area contributed by atoms with Crippen molar-refractivity contribution < 1.29 is 85.2 Å². The van der Waals surface area contributed by atoms with Gasteiger partial charge in [0.1, 0.15) is 18.3 Å². The molecule has 6 atom stereocenters. The van der Waals surface area contributed by atoms with E-state index >= 15 is 0 Å². The molecule has 18 nitrogen and oxygen atoms in total. The van der Waals surface area contributed by atoms with E-state index in [2.05, 4.69) is 13.6 Å². The molecular weight excluding hydrogens is 597 g/mol. The van der Waals surface area contributed by atoms with Crippen molar-refractivity contribution in [3.63, 3.8) is 0 Å². The van der Waals surface area contributed by atoms with E-state index < -0.39 is 95.8 Å². The normalized spacial score (nSPS) is 26.5. The van der Waals surface area contributed by atoms with E-state index in [-0.39, 0.29) is 0 Å². The van der Waals surface area contributed by atoms with Gasteiger partial charge in [-0.1, -0.05) is 41.5 Å². The zero-order valence-corrected chi connectivity index (χ0v) is 24.3. The molecule has 228 valence electrons. The first-order chi connectivity index (χ1) is 17.4. The summed E-state index contributed by atoms with van der Waals surface area (Å²) >= 11 is 0. The minimum atomic E-state index is -5.72. The number of hydrogen-bond donors (Lipinski definition) is 6. The maximum atomic E-state index is 12.6. The molecule has 39 heavy (non-hydrogen) atoms. The summed E-state index contributed by atoms with van der Waals surface area (Å²) in [5.74, 6) is -6.09. The van der Waals surface area contributed by atoms with E-state index in [0.29, 0.717) is 0 Å². The molecule has 0 saturated heterocycles. The van der Waals surface area contributed by atoms with E-state index in [1.54, 1.807) is 0 Å². The number of carbonyl (C=O) groups excluding carboxylic acids is 3. The van der Waals surface area contributed by atoms with Gasteiger partial charge in [-0.15, -0.1) is 0 Å². The molecule has 0 aromatic carbocycles. The molecule has 1 aliphatic carbocycles. The number of ether oxygens (including phenoxy) is 3. The number of phosphoric acid groups is 3. The maximum Gasteiger partial charge on any atom is 0.470 e. The Balaban J connectivity index is 4.04. The Labute approximate surface area is 223 Å². The lowest BCUT2D eigenvalue weighted by molar-refractivity contribution is -0.243. The van der Waals surface area contributed by atoms with Crippen LogP contribution in [0.1, 0.15) is 41.5 Å². The summed E-state index contributed by atoms with van der Waals surface area (Å²) in [6.07, 6.45) is -14.2. The molecule has 0 aromatic rings. The van der Waals surface area contributed by atoms with E-state index in [1.165, 1.54) is 41.5 Å². The summed E-state index contributed by atoms with van der Waals surface area (Å²) in [5.41, 5.74) is 0. The summed E-state index contributed by atoms with van der Waals surface area (Å²) in [6.45, 7) is 8.03. The standard InChI is InChI=1S/C18H33O18P3/c1-7(2)16(19)31-10-11(32-17(20)8(3)4)13(34-37(22,23)24)15(36-39(28,29)30)14(35-38(25,26)27)12(10)33-18(21)9(5)6/h7-15H,1-6H3,(H2,22,23,24)(H2,25,26,27)(H2,28,29,30)/t10?,11-,12+,13-,14-,15?/m1/s1. The highest BCUT2D eigenvalue weighted by Crippen LogP contribution is 2.51. The fourth-order valence-electron chi connectivity index (χ4n) is 3.17. The SMILES string of the molecule is CC(C)C(=O)OC1[C@@H](OC(=O)C(C)C)[C@@H](OP(=O)(O)O)C(OP(=O)(O)O)[C@H](OP(=O)(O)O)[C@H]1OC(=O)C(C)C. The Morgan fingerprint density at radius 1 is 0.462 bits per heavy atom. The van der Waals surface area contributed by atoms with Gasteiger partial charge in [-0.05, 0) is 0 Å². The Morgan fingerprint density at radius 3 is 0.821 bits per heavy atom. The lowest BCUT2D eigenvalue weighted by atomic mass is 9.84. The molecule has 0 bridgehead atoms. The largest absolute Gasteiger partial charge is 0.470 e. The molecule has 0 radical (unpaired) electrons. The smallest absolute Gasteiger partial charge is 0.455 e. The van der Waals surface area contributed by atoms with Crippen molar-refractivity contribution in [1.82, 2.24) is 0 Å². The molecule has 1 fully saturated rings. The third-order valence-electron chi connectivity index (χ3n) is 4.89. The summed E-state index contributed by atoms with van der Waals surface area (Å²) < 4.78 is 65.1. The molecule has 0 heterocycles. The van der Waals surface area contributed by atoms with Gasteiger partial charge in [0.2, 0.25) is 0 Å². The van der Waals surface area contributed by atoms with Crippen molar-refractivity contribution in [3.05, 3.63) is 0 Å². The van der Waals surface area contributed by atoms with Crippen LogP contribution in [-0.4, -0.2) is 83.9 Å². The molecule has 21 heteroatoms. The third-order valence-corrected chi connectivity index (χ3v) is 6.45. The average molecular weight is 630 g/mol. The highest BCUT2D eigenvalue weighted by Gasteiger charge is 2.62. The topological polar surface area (TPSA) is 279 Å². The lowest BCUT2D eigenvalue weighted by Gasteiger charge is -2.48. The minimum Gasteiger partial charge on any atom is -0.455 e. The summed E-state index contributed by atoms with van der Waals surface area (Å²) in [5, 5.41) is 0. The van der Waals surface area contributed by atoms with E-state index in [9.17, 15) is 57.4 Å². The molecule has 0 aromatic heterocycles. The fraction of sp³-hybridized carbons (Fsp3) is 0.833. The second-order valence-corrected chi connectivity index (χ2v) is 12.9. The maximum absolute atomic E-state index is 12.6. The monoisotopic (exact) mass is 630 g/mol. The molecule has 2 unspecified atom stereocenters. The van der Waals surface area contributed by atoms with Crippen molar-refractivity contribution in [1.29, 1.82) is 0 Å². The molecule has 0 spiro atoms. The third kappa shape index (κ3) is 11.6. The van der Waals surface area contributed by atoms with Crippen molar-refractivity contribution >= 4 is 41.4 Å². The Morgan fingerprint density at radius 2 is 0.641 bits per heavy atom. The predicted octanol–water partition coefficient (Wildman–Crippen LogP) is 0.137. The first kappa shape index (κ1) is 35.8. The quantitative estimate of drug-likeness (QED) is 0.0949. The number of rotatable bonds is 12. The van der Waals surface area contributed by atoms with Gasteiger partial charge in [0.15, 0.2) is 18.3 Å². The Kier molecular flexibility index (Phi) is 12.5. The fourth-order valence-corrected chi connectivity index (χ4v) is 4.84. The number of carbonyl (C=O) groups is 3. The molecule has 6 N–H and O–H groups in total. The Bertz CT molecular complexity index is 966. The van der Waals surface area contributed by atoms with Crippen LogP contribution < -0.4 is 0 Å². The summed E-state index contributed by atoms with van der Waals surface area (Å²) in [4.78, 5) is 94.7. The number of hydrogen-bond acceptors (Lipinski definition) is 12. The molecule has 0 aliphatic heterocycles. The lowest BCUT2D eigenvalue weighted by Crippen LogP contribution is -2.68. The van der Waals surface area contributed by atoms with Gasteiger partial charge in [-0.3, -0.25) is 28.0 Å². The molecular formula is C18H33O18P3. The van der Waals surface area contributed by atoms with E-state index in [1.807, 2.05) is 0 Å². The first-order valence-corrected chi connectivity index (χ1v) is 15.9. The van der Waals surface area contributed by atoms with Crippen molar-refractivity contribution in [2.24, 2.45) is 17.8 Å². The van der Waals surface area contributed by atoms with Gasteiger partial charge in [0.25, 0.3) is 0 Å². The zero-order chi connectivity index (χ0) is 30.7. The van der Waals surface area contributed by atoms with Crippen LogP contribution in [0.4, 0.5) is 0 Å². The minimum absolute atomic E-state index is 0.917. The highest BCUT2D eigenvalue weighted by molar-refractivity contribution is 7.47. The second-order valence-electron chi connectivity index (χ2n) is 9.35. The van der Waals surface area contributed by atoms with Gasteiger partial charge < -0.3 is 43.6 Å². The van der Waals surface area contributed by atoms with Crippen molar-refractivity contribution in [2.45, 2.75) is 78.2 Å². The molecule has 1 aliphatic rings. The molecule has 1 saturated carbocycles. The first-order valence-electron chi connectivity index (χ1n) is 11.3. The molecule has 0 amide bonds. The van der Waals surface area contributed by atoms with Crippen LogP contribution in [0.15, 0.2) is 0 Å². The van der Waals surface area contributed by atoms with Crippen molar-refractivity contribution in [2.75, 3.05) is 0 Å². The molecule has 1 rings (SSSR count). The van der Waals surface area contributed by atoms with Gasteiger partial charge >= 0.3 is 41.4 Å². The number of esters is 3. The van der Waals surface area contributed by atoms with Gasteiger partial charge in [-0.2, -0.15) is 0 Å². The van der Waals surface area contributed by atoms with Crippen LogP contribution in [0, 0.1) is 17.8 Å². The van der Waals surface area contributed by atoms with Crippen LogP contribution in [0.2, 0.25) is 0 Å². The Hall–Kier alpha value is -1.26. The van der Waals surface area contributed by atoms with Crippen LogP contribution in [0.5, 0.6) is 0 Å². The van der Waals surface area contributed by atoms with E-state index in [0.717, 1.165) is 0 Å². The van der Waals surface area contributed by atoms with Crippen molar-refractivity contribution in [3.8, 4) is 0 Å². The number of phosphoric ester groups is 3.